The fourth-order valence-corrected chi connectivity index (χ4v) is 3.75. The molecule has 0 saturated carbocycles. The van der Waals surface area contributed by atoms with Crippen molar-refractivity contribution in [2.45, 2.75) is 19.3 Å². The monoisotopic (exact) mass is 394 g/mol. The number of imide groups is 1. The number of thioether (sulfide) groups is 1. The van der Waals surface area contributed by atoms with Crippen LogP contribution in [-0.4, -0.2) is 35.0 Å². The highest BCUT2D eigenvalue weighted by Crippen LogP contribution is 2.31. The summed E-state index contributed by atoms with van der Waals surface area (Å²) >= 11 is 0.924. The molecule has 1 fully saturated rings. The SMILES string of the molecule is CC(C)(C(=O)NCCN1C(=O)S/C(=C\c2ccccc2)C1=O)c1ccccc1. The van der Waals surface area contributed by atoms with E-state index in [2.05, 4.69) is 5.32 Å². The van der Waals surface area contributed by atoms with Crippen molar-refractivity contribution >= 4 is 34.9 Å². The molecule has 1 aliphatic heterocycles. The lowest BCUT2D eigenvalue weighted by Crippen LogP contribution is -2.44. The molecule has 0 radical (unpaired) electrons. The molecule has 1 aliphatic rings. The molecule has 2 aromatic carbocycles. The first-order valence-corrected chi connectivity index (χ1v) is 9.85. The van der Waals surface area contributed by atoms with Crippen LogP contribution in [0, 0.1) is 0 Å². The number of benzene rings is 2. The Morgan fingerprint density at radius 2 is 1.64 bits per heavy atom. The lowest BCUT2D eigenvalue weighted by molar-refractivity contribution is -0.126. The molecule has 6 heteroatoms. The largest absolute Gasteiger partial charge is 0.354 e. The van der Waals surface area contributed by atoms with E-state index in [-0.39, 0.29) is 30.1 Å². The average Bonchev–Trinajstić information content (AvgIpc) is 2.96. The van der Waals surface area contributed by atoms with Gasteiger partial charge in [0.2, 0.25) is 5.91 Å². The first-order chi connectivity index (χ1) is 13.4. The lowest BCUT2D eigenvalue weighted by Gasteiger charge is -2.24. The second kappa shape index (κ2) is 8.44. The third kappa shape index (κ3) is 4.34. The molecule has 2 aromatic rings. The molecule has 0 bridgehead atoms. The third-order valence-electron chi connectivity index (χ3n) is 4.66. The van der Waals surface area contributed by atoms with Gasteiger partial charge in [0.25, 0.3) is 11.1 Å². The summed E-state index contributed by atoms with van der Waals surface area (Å²) in [5.41, 5.74) is 1.07. The van der Waals surface area contributed by atoms with Crippen LogP contribution in [-0.2, 0) is 15.0 Å². The Bertz CT molecular complexity index is 908. The molecule has 1 heterocycles. The number of hydrogen-bond donors (Lipinski definition) is 1. The van der Waals surface area contributed by atoms with E-state index in [4.69, 9.17) is 0 Å². The number of nitrogens with one attached hydrogen (secondary N) is 1. The predicted octanol–water partition coefficient (Wildman–Crippen LogP) is 3.82. The Morgan fingerprint density at radius 3 is 2.29 bits per heavy atom. The Hall–Kier alpha value is -2.86. The Balaban J connectivity index is 1.59. The molecule has 0 aliphatic carbocycles. The zero-order valence-corrected chi connectivity index (χ0v) is 16.7. The molecule has 1 N–H and O–H groups in total. The Morgan fingerprint density at radius 1 is 1.04 bits per heavy atom. The number of carbonyl (C=O) groups excluding carboxylic acids is 3. The first-order valence-electron chi connectivity index (χ1n) is 9.04. The standard InChI is InChI=1S/C22H22N2O3S/c1-22(2,17-11-7-4-8-12-17)20(26)23-13-14-24-19(25)18(28-21(24)27)15-16-9-5-3-6-10-16/h3-12,15H,13-14H2,1-2H3,(H,23,26)/b18-15-. The number of hydrogen-bond acceptors (Lipinski definition) is 4. The van der Waals surface area contributed by atoms with E-state index in [1.54, 1.807) is 6.08 Å². The smallest absolute Gasteiger partial charge is 0.293 e. The van der Waals surface area contributed by atoms with Crippen molar-refractivity contribution in [2.75, 3.05) is 13.1 Å². The van der Waals surface area contributed by atoms with Gasteiger partial charge >= 0.3 is 0 Å². The van der Waals surface area contributed by atoms with Crippen LogP contribution in [0.5, 0.6) is 0 Å². The summed E-state index contributed by atoms with van der Waals surface area (Å²) in [6, 6.07) is 18.9. The normalized spacial score (nSPS) is 15.9. The number of rotatable bonds is 6. The van der Waals surface area contributed by atoms with Crippen LogP contribution >= 0.6 is 11.8 Å². The number of carbonyl (C=O) groups is 3. The highest BCUT2D eigenvalue weighted by Gasteiger charge is 2.35. The maximum Gasteiger partial charge on any atom is 0.293 e. The third-order valence-corrected chi connectivity index (χ3v) is 5.56. The summed E-state index contributed by atoms with van der Waals surface area (Å²) in [5, 5.41) is 2.52. The summed E-state index contributed by atoms with van der Waals surface area (Å²) < 4.78 is 0. The van der Waals surface area contributed by atoms with E-state index >= 15 is 0 Å². The summed E-state index contributed by atoms with van der Waals surface area (Å²) in [4.78, 5) is 38.9. The molecule has 5 nitrogen and oxygen atoms in total. The van der Waals surface area contributed by atoms with Crippen LogP contribution in [0.25, 0.3) is 6.08 Å². The highest BCUT2D eigenvalue weighted by atomic mass is 32.2. The van der Waals surface area contributed by atoms with E-state index < -0.39 is 5.41 Å². The molecular weight excluding hydrogens is 372 g/mol. The van der Waals surface area contributed by atoms with Crippen LogP contribution < -0.4 is 5.32 Å². The van der Waals surface area contributed by atoms with Gasteiger partial charge in [-0.05, 0) is 42.8 Å². The fraction of sp³-hybridized carbons (Fsp3) is 0.227. The minimum atomic E-state index is -0.701. The summed E-state index contributed by atoms with van der Waals surface area (Å²) in [6.07, 6.45) is 1.71. The zero-order chi connectivity index (χ0) is 20.1. The Kier molecular flexibility index (Phi) is 5.99. The minimum Gasteiger partial charge on any atom is -0.354 e. The van der Waals surface area contributed by atoms with E-state index in [1.165, 1.54) is 4.90 Å². The van der Waals surface area contributed by atoms with Crippen molar-refractivity contribution in [2.24, 2.45) is 0 Å². The minimum absolute atomic E-state index is 0.146. The lowest BCUT2D eigenvalue weighted by atomic mass is 9.84. The van der Waals surface area contributed by atoms with Gasteiger partial charge in [-0.2, -0.15) is 0 Å². The molecule has 0 atom stereocenters. The second-order valence-electron chi connectivity index (χ2n) is 6.99. The van der Waals surface area contributed by atoms with E-state index in [0.717, 1.165) is 22.9 Å². The molecule has 0 unspecified atom stereocenters. The Labute approximate surface area is 168 Å². The van der Waals surface area contributed by atoms with Crippen molar-refractivity contribution in [3.63, 3.8) is 0 Å². The van der Waals surface area contributed by atoms with Gasteiger partial charge in [0.1, 0.15) is 0 Å². The van der Waals surface area contributed by atoms with Crippen molar-refractivity contribution in [3.8, 4) is 0 Å². The molecule has 3 amide bonds. The first kappa shape index (κ1) is 19.9. The average molecular weight is 394 g/mol. The summed E-state index contributed by atoms with van der Waals surface area (Å²) in [7, 11) is 0. The molecule has 1 saturated heterocycles. The van der Waals surface area contributed by atoms with Crippen LogP contribution in [0.2, 0.25) is 0 Å². The van der Waals surface area contributed by atoms with Gasteiger partial charge in [-0.1, -0.05) is 60.7 Å². The van der Waals surface area contributed by atoms with Gasteiger partial charge in [-0.15, -0.1) is 0 Å². The van der Waals surface area contributed by atoms with Crippen LogP contribution in [0.15, 0.2) is 65.6 Å². The molecule has 144 valence electrons. The maximum absolute atomic E-state index is 12.6. The predicted molar refractivity (Wildman–Crippen MR) is 112 cm³/mol. The van der Waals surface area contributed by atoms with E-state index in [0.29, 0.717) is 4.91 Å². The summed E-state index contributed by atoms with van der Waals surface area (Å²) in [6.45, 7) is 4.06. The summed E-state index contributed by atoms with van der Waals surface area (Å²) in [5.74, 6) is -0.471. The van der Waals surface area contributed by atoms with E-state index in [1.807, 2.05) is 74.5 Å². The van der Waals surface area contributed by atoms with Crippen molar-refractivity contribution in [1.29, 1.82) is 0 Å². The highest BCUT2D eigenvalue weighted by molar-refractivity contribution is 8.18. The van der Waals surface area contributed by atoms with Crippen LogP contribution in [0.4, 0.5) is 4.79 Å². The van der Waals surface area contributed by atoms with Gasteiger partial charge in [0, 0.05) is 13.1 Å². The topological polar surface area (TPSA) is 66.5 Å². The van der Waals surface area contributed by atoms with Gasteiger partial charge in [-0.3, -0.25) is 19.3 Å². The van der Waals surface area contributed by atoms with Crippen molar-refractivity contribution in [3.05, 3.63) is 76.7 Å². The van der Waals surface area contributed by atoms with Gasteiger partial charge < -0.3 is 5.32 Å². The maximum atomic E-state index is 12.6. The van der Waals surface area contributed by atoms with Gasteiger partial charge in [0.15, 0.2) is 0 Å². The number of nitrogens with zero attached hydrogens (tertiary/aromatic N) is 1. The molecular formula is C22H22N2O3S. The van der Waals surface area contributed by atoms with Crippen molar-refractivity contribution < 1.29 is 14.4 Å². The van der Waals surface area contributed by atoms with E-state index in [9.17, 15) is 14.4 Å². The van der Waals surface area contributed by atoms with Gasteiger partial charge in [0.05, 0.1) is 10.3 Å². The van der Waals surface area contributed by atoms with Crippen LogP contribution in [0.3, 0.4) is 0 Å². The molecule has 0 aromatic heterocycles. The van der Waals surface area contributed by atoms with Gasteiger partial charge in [-0.25, -0.2) is 0 Å². The number of amides is 3. The fourth-order valence-electron chi connectivity index (χ4n) is 2.88. The van der Waals surface area contributed by atoms with Crippen LogP contribution in [0.1, 0.15) is 25.0 Å². The van der Waals surface area contributed by atoms with Crippen molar-refractivity contribution in [1.82, 2.24) is 10.2 Å². The second-order valence-corrected chi connectivity index (χ2v) is 7.98. The quantitative estimate of drug-likeness (QED) is 0.757. The zero-order valence-electron chi connectivity index (χ0n) is 15.8. The molecule has 0 spiro atoms. The molecule has 3 rings (SSSR count). The molecule has 28 heavy (non-hydrogen) atoms.